The number of likely N-dealkylation sites (tertiary alicyclic amines) is 1. The Morgan fingerprint density at radius 3 is 2.90 bits per heavy atom. The van der Waals surface area contributed by atoms with E-state index in [2.05, 4.69) is 0 Å². The summed E-state index contributed by atoms with van der Waals surface area (Å²) in [4.78, 5) is 13.9. The van der Waals surface area contributed by atoms with Gasteiger partial charge in [0.05, 0.1) is 24.9 Å². The maximum Gasteiger partial charge on any atom is 0.410 e. The largest absolute Gasteiger partial charge is 0.445 e. The summed E-state index contributed by atoms with van der Waals surface area (Å²) in [5.74, 6) is 0. The molecule has 21 heavy (non-hydrogen) atoms. The van der Waals surface area contributed by atoms with Crippen molar-refractivity contribution >= 4 is 6.09 Å². The van der Waals surface area contributed by atoms with Crippen LogP contribution >= 0.6 is 0 Å². The number of hydrogen-bond donors (Lipinski definition) is 1. The van der Waals surface area contributed by atoms with E-state index in [1.54, 1.807) is 4.90 Å². The number of carbonyl (C=O) groups excluding carboxylic acids is 1. The van der Waals surface area contributed by atoms with Crippen molar-refractivity contribution < 1.29 is 19.4 Å². The molecule has 0 aliphatic carbocycles. The van der Waals surface area contributed by atoms with Gasteiger partial charge in [0.25, 0.3) is 0 Å². The summed E-state index contributed by atoms with van der Waals surface area (Å²) in [5, 5.41) is 10.2. The van der Waals surface area contributed by atoms with Gasteiger partial charge in [0.15, 0.2) is 0 Å². The molecule has 1 aromatic carbocycles. The van der Waals surface area contributed by atoms with Crippen LogP contribution in [0, 0.1) is 0 Å². The zero-order valence-electron chi connectivity index (χ0n) is 12.0. The number of amides is 1. The van der Waals surface area contributed by atoms with Crippen LogP contribution in [0.1, 0.15) is 24.8 Å². The number of aliphatic hydroxyl groups excluding tert-OH is 1. The number of benzene rings is 1. The van der Waals surface area contributed by atoms with Gasteiger partial charge in [-0.2, -0.15) is 0 Å². The number of aliphatic hydroxyl groups is 1. The molecule has 0 saturated carbocycles. The van der Waals surface area contributed by atoms with Gasteiger partial charge in [-0.15, -0.1) is 0 Å². The minimum atomic E-state index is -0.524. The molecule has 2 saturated heterocycles. The van der Waals surface area contributed by atoms with Crippen LogP contribution < -0.4 is 0 Å². The Bertz CT molecular complexity index is 474. The molecule has 2 heterocycles. The second-order valence-electron chi connectivity index (χ2n) is 5.70. The van der Waals surface area contributed by atoms with E-state index in [0.717, 1.165) is 25.0 Å². The van der Waals surface area contributed by atoms with Crippen molar-refractivity contribution in [1.29, 1.82) is 0 Å². The number of carbonyl (C=O) groups is 1. The first-order chi connectivity index (χ1) is 10.2. The van der Waals surface area contributed by atoms with Crippen molar-refractivity contribution in [3.63, 3.8) is 0 Å². The first-order valence-corrected chi connectivity index (χ1v) is 7.51. The topological polar surface area (TPSA) is 62.3 Å². The SMILES string of the molecule is O=C(OCc1ccccc1)N1CCC[C@H]1[C@@H](O)C[C@H]1CO1. The van der Waals surface area contributed by atoms with E-state index in [1.807, 2.05) is 30.3 Å². The molecule has 114 valence electrons. The van der Waals surface area contributed by atoms with Crippen molar-refractivity contribution in [3.05, 3.63) is 35.9 Å². The van der Waals surface area contributed by atoms with Gasteiger partial charge in [0, 0.05) is 13.0 Å². The normalized spacial score (nSPS) is 25.7. The van der Waals surface area contributed by atoms with Crippen LogP contribution in [0.5, 0.6) is 0 Å². The Hall–Kier alpha value is -1.59. The minimum absolute atomic E-state index is 0.141. The third kappa shape index (κ3) is 3.74. The molecule has 0 bridgehead atoms. The Balaban J connectivity index is 1.52. The van der Waals surface area contributed by atoms with Crippen molar-refractivity contribution in [2.75, 3.05) is 13.2 Å². The van der Waals surface area contributed by atoms with E-state index in [1.165, 1.54) is 0 Å². The predicted octanol–water partition coefficient (Wildman–Crippen LogP) is 1.94. The molecule has 5 nitrogen and oxygen atoms in total. The highest BCUT2D eigenvalue weighted by Crippen LogP contribution is 2.26. The van der Waals surface area contributed by atoms with Crippen molar-refractivity contribution in [2.24, 2.45) is 0 Å². The number of ether oxygens (including phenoxy) is 2. The highest BCUT2D eigenvalue weighted by atomic mass is 16.6. The first kappa shape index (κ1) is 14.4. The summed E-state index contributed by atoms with van der Waals surface area (Å²) in [5.41, 5.74) is 0.966. The molecule has 3 rings (SSSR count). The first-order valence-electron chi connectivity index (χ1n) is 7.51. The van der Waals surface area contributed by atoms with Crippen LogP contribution in [0.2, 0.25) is 0 Å². The minimum Gasteiger partial charge on any atom is -0.445 e. The highest BCUT2D eigenvalue weighted by Gasteiger charge is 2.38. The number of nitrogens with zero attached hydrogens (tertiary/aromatic N) is 1. The van der Waals surface area contributed by atoms with Crippen LogP contribution in [0.25, 0.3) is 0 Å². The lowest BCUT2D eigenvalue weighted by Crippen LogP contribution is -2.43. The second-order valence-corrected chi connectivity index (χ2v) is 5.70. The Morgan fingerprint density at radius 2 is 2.19 bits per heavy atom. The van der Waals surface area contributed by atoms with Gasteiger partial charge in [-0.05, 0) is 18.4 Å². The van der Waals surface area contributed by atoms with Crippen LogP contribution in [0.4, 0.5) is 4.79 Å². The maximum atomic E-state index is 12.2. The fourth-order valence-electron chi connectivity index (χ4n) is 2.85. The van der Waals surface area contributed by atoms with Crippen LogP contribution in [-0.2, 0) is 16.1 Å². The maximum absolute atomic E-state index is 12.2. The van der Waals surface area contributed by atoms with E-state index < -0.39 is 6.10 Å². The van der Waals surface area contributed by atoms with Crippen molar-refractivity contribution in [2.45, 2.75) is 44.1 Å². The van der Waals surface area contributed by atoms with E-state index in [4.69, 9.17) is 9.47 Å². The van der Waals surface area contributed by atoms with Gasteiger partial charge in [-0.3, -0.25) is 0 Å². The van der Waals surface area contributed by atoms with Gasteiger partial charge in [-0.1, -0.05) is 30.3 Å². The zero-order valence-corrected chi connectivity index (χ0v) is 12.0. The molecule has 1 N–H and O–H groups in total. The lowest BCUT2D eigenvalue weighted by molar-refractivity contribution is 0.0414. The average Bonchev–Trinajstić information content (AvgIpc) is 3.18. The van der Waals surface area contributed by atoms with E-state index in [-0.39, 0.29) is 24.8 Å². The van der Waals surface area contributed by atoms with Crippen LogP contribution in [0.3, 0.4) is 0 Å². The van der Waals surface area contributed by atoms with Crippen LogP contribution in [-0.4, -0.2) is 47.5 Å². The lowest BCUT2D eigenvalue weighted by Gasteiger charge is -2.27. The standard InChI is InChI=1S/C16H21NO4/c18-15(9-13-11-20-13)14-7-4-8-17(14)16(19)21-10-12-5-2-1-3-6-12/h1-3,5-6,13-15,18H,4,7-11H2/t13-,14-,15-/m0/s1. The van der Waals surface area contributed by atoms with E-state index in [0.29, 0.717) is 13.0 Å². The quantitative estimate of drug-likeness (QED) is 0.842. The van der Waals surface area contributed by atoms with Crippen LogP contribution in [0.15, 0.2) is 30.3 Å². The summed E-state index contributed by atoms with van der Waals surface area (Å²) in [6, 6.07) is 9.47. The van der Waals surface area contributed by atoms with Crippen molar-refractivity contribution in [3.8, 4) is 0 Å². The van der Waals surface area contributed by atoms with Gasteiger partial charge < -0.3 is 19.5 Å². The molecular formula is C16H21NO4. The molecular weight excluding hydrogens is 270 g/mol. The fraction of sp³-hybridized carbons (Fsp3) is 0.562. The number of hydrogen-bond acceptors (Lipinski definition) is 4. The molecule has 2 aliphatic heterocycles. The molecule has 1 amide bonds. The molecule has 2 fully saturated rings. The number of rotatable bonds is 5. The molecule has 1 aromatic rings. The Morgan fingerprint density at radius 1 is 1.43 bits per heavy atom. The van der Waals surface area contributed by atoms with Gasteiger partial charge >= 0.3 is 6.09 Å². The monoisotopic (exact) mass is 291 g/mol. The predicted molar refractivity (Wildman–Crippen MR) is 76.7 cm³/mol. The lowest BCUT2D eigenvalue weighted by atomic mass is 10.0. The molecule has 5 heteroatoms. The summed E-state index contributed by atoms with van der Waals surface area (Å²) < 4.78 is 10.5. The zero-order chi connectivity index (χ0) is 14.7. The summed E-state index contributed by atoms with van der Waals surface area (Å²) in [6.07, 6.45) is 1.65. The van der Waals surface area contributed by atoms with E-state index in [9.17, 15) is 9.90 Å². The fourth-order valence-corrected chi connectivity index (χ4v) is 2.85. The smallest absolute Gasteiger partial charge is 0.410 e. The molecule has 2 aliphatic rings. The van der Waals surface area contributed by atoms with Gasteiger partial charge in [-0.25, -0.2) is 4.79 Å². The molecule has 0 spiro atoms. The van der Waals surface area contributed by atoms with Gasteiger partial charge in [0.1, 0.15) is 6.61 Å². The number of epoxide rings is 1. The second kappa shape index (κ2) is 6.45. The highest BCUT2D eigenvalue weighted by molar-refractivity contribution is 5.68. The third-order valence-corrected chi connectivity index (χ3v) is 4.09. The van der Waals surface area contributed by atoms with Gasteiger partial charge in [0.2, 0.25) is 0 Å². The molecule has 3 atom stereocenters. The average molecular weight is 291 g/mol. The summed E-state index contributed by atoms with van der Waals surface area (Å²) >= 11 is 0. The van der Waals surface area contributed by atoms with E-state index >= 15 is 0 Å². The Kier molecular flexibility index (Phi) is 4.41. The van der Waals surface area contributed by atoms with Crippen molar-refractivity contribution in [1.82, 2.24) is 4.90 Å². The Labute approximate surface area is 124 Å². The molecule has 0 radical (unpaired) electrons. The summed E-state index contributed by atoms with van der Waals surface area (Å²) in [6.45, 7) is 1.65. The molecule has 0 aromatic heterocycles. The molecule has 0 unspecified atom stereocenters. The third-order valence-electron chi connectivity index (χ3n) is 4.09. The summed E-state index contributed by atoms with van der Waals surface area (Å²) in [7, 11) is 0.